The Kier molecular flexibility index (Phi) is 7.61. The van der Waals surface area contributed by atoms with Crippen molar-refractivity contribution in [1.29, 1.82) is 0 Å². The largest absolute Gasteiger partial charge is 0.381 e. The molecule has 0 saturated carbocycles. The first-order valence-electron chi connectivity index (χ1n) is 9.11. The Balaban J connectivity index is 0.000000244. The summed E-state index contributed by atoms with van der Waals surface area (Å²) in [4.78, 5) is 31.1. The van der Waals surface area contributed by atoms with Crippen molar-refractivity contribution in [2.24, 2.45) is 0 Å². The van der Waals surface area contributed by atoms with Crippen LogP contribution in [0.4, 0.5) is 11.5 Å². The van der Waals surface area contributed by atoms with Crippen molar-refractivity contribution in [3.05, 3.63) is 53.6 Å². The highest BCUT2D eigenvalue weighted by atomic mass is 16.2. The van der Waals surface area contributed by atoms with E-state index in [-0.39, 0.29) is 11.5 Å². The molecule has 0 aromatic carbocycles. The van der Waals surface area contributed by atoms with Gasteiger partial charge in [0.25, 0.3) is 5.56 Å². The van der Waals surface area contributed by atoms with E-state index in [4.69, 9.17) is 0 Å². The molecule has 0 atom stereocenters. The highest BCUT2D eigenvalue weighted by molar-refractivity contribution is 5.87. The van der Waals surface area contributed by atoms with E-state index in [0.717, 1.165) is 42.9 Å². The monoisotopic (exact) mass is 369 g/mol. The minimum atomic E-state index is -0.108. The molecule has 3 N–H and O–H groups in total. The molecule has 7 heteroatoms. The molecule has 0 spiro atoms. The SMILES string of the molecule is C=CC(=O)N1CCCC1.CCNc1cc(-c2ccnc(NC)c2)c[nH]c1=O. The number of amides is 1. The molecule has 3 rings (SSSR count). The number of aromatic amines is 1. The molecule has 0 aliphatic carbocycles. The zero-order chi connectivity index (χ0) is 19.6. The lowest BCUT2D eigenvalue weighted by Crippen LogP contribution is -2.25. The fourth-order valence-electron chi connectivity index (χ4n) is 2.79. The second kappa shape index (κ2) is 10.2. The maximum Gasteiger partial charge on any atom is 0.271 e. The third-order valence-corrected chi connectivity index (χ3v) is 4.21. The number of nitrogens with one attached hydrogen (secondary N) is 3. The quantitative estimate of drug-likeness (QED) is 0.705. The fraction of sp³-hybridized carbons (Fsp3) is 0.350. The van der Waals surface area contributed by atoms with E-state index in [9.17, 15) is 9.59 Å². The molecule has 144 valence electrons. The van der Waals surface area contributed by atoms with E-state index in [1.54, 1.807) is 12.4 Å². The van der Waals surface area contributed by atoms with Gasteiger partial charge in [0, 0.05) is 44.6 Å². The molecule has 1 aliphatic heterocycles. The number of carbonyl (C=O) groups is 1. The second-order valence-corrected chi connectivity index (χ2v) is 6.08. The summed E-state index contributed by atoms with van der Waals surface area (Å²) < 4.78 is 0. The molecule has 27 heavy (non-hydrogen) atoms. The second-order valence-electron chi connectivity index (χ2n) is 6.08. The van der Waals surface area contributed by atoms with Crippen molar-refractivity contribution < 1.29 is 4.79 Å². The van der Waals surface area contributed by atoms with Crippen LogP contribution in [0.25, 0.3) is 11.1 Å². The average molecular weight is 369 g/mol. The predicted octanol–water partition coefficient (Wildman–Crippen LogP) is 2.71. The molecular weight excluding hydrogens is 342 g/mol. The smallest absolute Gasteiger partial charge is 0.271 e. The van der Waals surface area contributed by atoms with E-state index in [1.165, 1.54) is 6.08 Å². The van der Waals surface area contributed by atoms with Crippen molar-refractivity contribution in [3.63, 3.8) is 0 Å². The van der Waals surface area contributed by atoms with Crippen LogP contribution in [-0.4, -0.2) is 47.5 Å². The van der Waals surface area contributed by atoms with Crippen LogP contribution in [0.15, 0.2) is 48.0 Å². The van der Waals surface area contributed by atoms with Crippen LogP contribution in [0.5, 0.6) is 0 Å². The van der Waals surface area contributed by atoms with Crippen LogP contribution >= 0.6 is 0 Å². The highest BCUT2D eigenvalue weighted by Crippen LogP contribution is 2.21. The molecule has 1 amide bonds. The van der Waals surface area contributed by atoms with Gasteiger partial charge in [0.2, 0.25) is 5.91 Å². The van der Waals surface area contributed by atoms with Gasteiger partial charge in [-0.15, -0.1) is 0 Å². The van der Waals surface area contributed by atoms with E-state index < -0.39 is 0 Å². The van der Waals surface area contributed by atoms with Crippen molar-refractivity contribution in [2.75, 3.05) is 37.3 Å². The maximum atomic E-state index is 11.6. The van der Waals surface area contributed by atoms with Crippen molar-refractivity contribution in [1.82, 2.24) is 14.9 Å². The van der Waals surface area contributed by atoms with Gasteiger partial charge in [-0.2, -0.15) is 0 Å². The van der Waals surface area contributed by atoms with Crippen LogP contribution in [0.3, 0.4) is 0 Å². The number of likely N-dealkylation sites (tertiary alicyclic amines) is 1. The zero-order valence-electron chi connectivity index (χ0n) is 15.9. The molecule has 0 radical (unpaired) electrons. The van der Waals surface area contributed by atoms with Gasteiger partial charge in [0.15, 0.2) is 0 Å². The molecule has 7 nitrogen and oxygen atoms in total. The number of H-pyrrole nitrogens is 1. The van der Waals surface area contributed by atoms with Crippen molar-refractivity contribution in [3.8, 4) is 11.1 Å². The summed E-state index contributed by atoms with van der Waals surface area (Å²) in [6, 6.07) is 5.69. The lowest BCUT2D eigenvalue weighted by Gasteiger charge is -2.10. The molecule has 2 aromatic heterocycles. The normalized spacial score (nSPS) is 12.7. The molecular formula is C20H27N5O2. The Morgan fingerprint density at radius 1 is 1.33 bits per heavy atom. The maximum absolute atomic E-state index is 11.6. The summed E-state index contributed by atoms with van der Waals surface area (Å²) in [5, 5.41) is 6.03. The van der Waals surface area contributed by atoms with E-state index in [2.05, 4.69) is 27.2 Å². The molecule has 3 heterocycles. The fourth-order valence-corrected chi connectivity index (χ4v) is 2.79. The number of hydrogen-bond donors (Lipinski definition) is 3. The first kappa shape index (κ1) is 20.2. The van der Waals surface area contributed by atoms with Gasteiger partial charge in [-0.05, 0) is 49.6 Å². The molecule has 0 bridgehead atoms. The van der Waals surface area contributed by atoms with Gasteiger partial charge in [-0.3, -0.25) is 9.59 Å². The van der Waals surface area contributed by atoms with E-state index >= 15 is 0 Å². The van der Waals surface area contributed by atoms with Crippen LogP contribution in [0.1, 0.15) is 19.8 Å². The van der Waals surface area contributed by atoms with Gasteiger partial charge < -0.3 is 20.5 Å². The summed E-state index contributed by atoms with van der Waals surface area (Å²) in [7, 11) is 1.82. The highest BCUT2D eigenvalue weighted by Gasteiger charge is 2.14. The molecule has 1 fully saturated rings. The van der Waals surface area contributed by atoms with Gasteiger partial charge in [-0.1, -0.05) is 6.58 Å². The number of carbonyl (C=O) groups excluding carboxylic acids is 1. The Bertz CT molecular complexity index is 825. The number of aromatic nitrogens is 2. The summed E-state index contributed by atoms with van der Waals surface area (Å²) >= 11 is 0. The molecule has 1 aliphatic rings. The predicted molar refractivity (Wildman–Crippen MR) is 110 cm³/mol. The summed E-state index contributed by atoms with van der Waals surface area (Å²) in [6.45, 7) is 7.93. The van der Waals surface area contributed by atoms with Crippen molar-refractivity contribution in [2.45, 2.75) is 19.8 Å². The lowest BCUT2D eigenvalue weighted by molar-refractivity contribution is -0.124. The van der Waals surface area contributed by atoms with E-state index in [0.29, 0.717) is 12.2 Å². The van der Waals surface area contributed by atoms with Gasteiger partial charge in [-0.25, -0.2) is 4.98 Å². The Labute approximate surface area is 159 Å². The third-order valence-electron chi connectivity index (χ3n) is 4.21. The topological polar surface area (TPSA) is 90.1 Å². The number of pyridine rings is 2. The van der Waals surface area contributed by atoms with Gasteiger partial charge in [0.1, 0.15) is 11.5 Å². The number of hydrogen-bond acceptors (Lipinski definition) is 5. The lowest BCUT2D eigenvalue weighted by atomic mass is 10.1. The zero-order valence-corrected chi connectivity index (χ0v) is 15.9. The minimum Gasteiger partial charge on any atom is -0.381 e. The van der Waals surface area contributed by atoms with Gasteiger partial charge in [0.05, 0.1) is 0 Å². The molecule has 0 unspecified atom stereocenters. The number of rotatable bonds is 5. The average Bonchev–Trinajstić information content (AvgIpc) is 3.24. The van der Waals surface area contributed by atoms with E-state index in [1.807, 2.05) is 37.1 Å². The van der Waals surface area contributed by atoms with Crippen LogP contribution in [-0.2, 0) is 4.79 Å². The minimum absolute atomic E-state index is 0.0764. The van der Waals surface area contributed by atoms with Crippen LogP contribution in [0, 0.1) is 0 Å². The third kappa shape index (κ3) is 5.70. The summed E-state index contributed by atoms with van der Waals surface area (Å²) in [6.07, 6.45) is 7.13. The Morgan fingerprint density at radius 2 is 2.07 bits per heavy atom. The van der Waals surface area contributed by atoms with Gasteiger partial charge >= 0.3 is 0 Å². The first-order chi connectivity index (χ1) is 13.1. The number of anilines is 2. The summed E-state index contributed by atoms with van der Waals surface area (Å²) in [5.41, 5.74) is 2.43. The molecule has 2 aromatic rings. The Morgan fingerprint density at radius 3 is 2.70 bits per heavy atom. The Hall–Kier alpha value is -3.09. The van der Waals surface area contributed by atoms with Crippen molar-refractivity contribution >= 4 is 17.4 Å². The van der Waals surface area contributed by atoms with Crippen LogP contribution in [0.2, 0.25) is 0 Å². The summed E-state index contributed by atoms with van der Waals surface area (Å²) in [5.74, 6) is 0.871. The van der Waals surface area contributed by atoms with Crippen LogP contribution < -0.4 is 16.2 Å². The first-order valence-corrected chi connectivity index (χ1v) is 9.11. The standard InChI is InChI=1S/C13H16N4O.C7H11NO/c1-3-15-11-6-10(8-17-13(11)18)9-4-5-16-12(7-9)14-2;1-2-7(9)8-5-3-4-6-8/h4-8,15H,3H2,1-2H3,(H,14,16)(H,17,18);2H,1,3-6H2. The number of nitrogens with zero attached hydrogens (tertiary/aromatic N) is 2. The molecule has 1 saturated heterocycles.